The molecule has 1 aromatic carbocycles. The number of para-hydroxylation sites is 1. The van der Waals surface area contributed by atoms with Crippen LogP contribution in [0.5, 0.6) is 0 Å². The minimum atomic E-state index is -0.290. The van der Waals surface area contributed by atoms with E-state index in [4.69, 9.17) is 0 Å². The normalized spacial score (nSPS) is 12.9. The Morgan fingerprint density at radius 2 is 1.95 bits per heavy atom. The zero-order valence-corrected chi connectivity index (χ0v) is 13.1. The third kappa shape index (κ3) is 3.86. The van der Waals surface area contributed by atoms with Crippen LogP contribution in [0.4, 0.5) is 0 Å². The van der Waals surface area contributed by atoms with E-state index < -0.39 is 0 Å². The molecule has 0 fully saturated rings. The fourth-order valence-corrected chi connectivity index (χ4v) is 2.35. The summed E-state index contributed by atoms with van der Waals surface area (Å²) in [6.07, 6.45) is 0.448. The molecule has 6 nitrogen and oxygen atoms in total. The Morgan fingerprint density at radius 3 is 2.57 bits per heavy atom. The van der Waals surface area contributed by atoms with E-state index in [1.165, 1.54) is 0 Å². The molecule has 0 amide bonds. The molecule has 2 rings (SSSR count). The van der Waals surface area contributed by atoms with Crippen LogP contribution in [0.15, 0.2) is 18.2 Å². The highest BCUT2D eigenvalue weighted by Crippen LogP contribution is 2.18. The molecule has 0 aliphatic carbocycles. The molecule has 0 saturated heterocycles. The van der Waals surface area contributed by atoms with Crippen LogP contribution in [-0.4, -0.2) is 49.9 Å². The number of aliphatic hydroxyl groups is 1. The lowest BCUT2D eigenvalue weighted by atomic mass is 10.1. The Kier molecular flexibility index (Phi) is 5.03. The monoisotopic (exact) mass is 289 g/mol. The van der Waals surface area contributed by atoms with Gasteiger partial charge in [-0.1, -0.05) is 18.2 Å². The van der Waals surface area contributed by atoms with Crippen molar-refractivity contribution in [3.63, 3.8) is 0 Å². The molecular weight excluding hydrogens is 266 g/mol. The summed E-state index contributed by atoms with van der Waals surface area (Å²) in [7, 11) is 2.01. The van der Waals surface area contributed by atoms with Gasteiger partial charge in [0.05, 0.1) is 18.3 Å². The number of aryl methyl sites for hydroxylation is 2. The van der Waals surface area contributed by atoms with Crippen molar-refractivity contribution >= 4 is 0 Å². The van der Waals surface area contributed by atoms with E-state index in [0.717, 1.165) is 35.6 Å². The van der Waals surface area contributed by atoms with E-state index in [2.05, 4.69) is 46.4 Å². The average molecular weight is 289 g/mol. The van der Waals surface area contributed by atoms with Gasteiger partial charge in [-0.15, -0.1) is 5.10 Å². The molecular formula is C15H23N5O. The highest BCUT2D eigenvalue weighted by Gasteiger charge is 2.14. The molecule has 1 heterocycles. The van der Waals surface area contributed by atoms with Crippen molar-refractivity contribution in [2.75, 3.05) is 13.6 Å². The standard InChI is InChI=1S/C15H23N5O/c1-11-6-5-7-12(2)15(11)20-14(16-17-18-20)10-19(4)9-8-13(3)21/h5-7,13,21H,8-10H2,1-4H3. The van der Waals surface area contributed by atoms with Crippen molar-refractivity contribution in [3.8, 4) is 5.69 Å². The zero-order valence-electron chi connectivity index (χ0n) is 13.1. The highest BCUT2D eigenvalue weighted by atomic mass is 16.3. The predicted octanol–water partition coefficient (Wildman–Crippen LogP) is 1.48. The molecule has 0 aliphatic heterocycles. The van der Waals surface area contributed by atoms with Crippen molar-refractivity contribution in [1.29, 1.82) is 0 Å². The first-order chi connectivity index (χ1) is 9.99. The molecule has 2 aromatic rings. The lowest BCUT2D eigenvalue weighted by Gasteiger charge is -2.17. The number of aliphatic hydroxyl groups excluding tert-OH is 1. The molecule has 1 unspecified atom stereocenters. The molecule has 21 heavy (non-hydrogen) atoms. The van der Waals surface area contributed by atoms with Crippen LogP contribution in [0.3, 0.4) is 0 Å². The van der Waals surface area contributed by atoms with Crippen molar-refractivity contribution in [3.05, 3.63) is 35.2 Å². The minimum Gasteiger partial charge on any atom is -0.393 e. The predicted molar refractivity (Wildman–Crippen MR) is 81.3 cm³/mol. The molecule has 1 atom stereocenters. The fourth-order valence-electron chi connectivity index (χ4n) is 2.35. The molecule has 0 aliphatic rings. The number of nitrogens with zero attached hydrogens (tertiary/aromatic N) is 5. The van der Waals surface area contributed by atoms with Crippen molar-refractivity contribution in [2.24, 2.45) is 0 Å². The van der Waals surface area contributed by atoms with Gasteiger partial charge in [0.25, 0.3) is 0 Å². The number of tetrazole rings is 1. The lowest BCUT2D eigenvalue weighted by molar-refractivity contribution is 0.162. The van der Waals surface area contributed by atoms with Crippen molar-refractivity contribution in [2.45, 2.75) is 39.8 Å². The number of benzene rings is 1. The maximum absolute atomic E-state index is 9.36. The van der Waals surface area contributed by atoms with Crippen LogP contribution in [0.1, 0.15) is 30.3 Å². The van der Waals surface area contributed by atoms with Gasteiger partial charge in [0, 0.05) is 6.54 Å². The Balaban J connectivity index is 2.19. The smallest absolute Gasteiger partial charge is 0.170 e. The van der Waals surface area contributed by atoms with E-state index >= 15 is 0 Å². The minimum absolute atomic E-state index is 0.290. The first-order valence-electron chi connectivity index (χ1n) is 7.19. The van der Waals surface area contributed by atoms with Crippen molar-refractivity contribution < 1.29 is 5.11 Å². The van der Waals surface area contributed by atoms with E-state index in [-0.39, 0.29) is 6.10 Å². The summed E-state index contributed by atoms with van der Waals surface area (Å²) in [5.41, 5.74) is 3.34. The first kappa shape index (κ1) is 15.6. The molecule has 0 saturated carbocycles. The quantitative estimate of drug-likeness (QED) is 0.872. The van der Waals surface area contributed by atoms with Gasteiger partial charge < -0.3 is 5.11 Å². The van der Waals surface area contributed by atoms with Gasteiger partial charge in [-0.25, -0.2) is 0 Å². The van der Waals surface area contributed by atoms with E-state index in [1.54, 1.807) is 6.92 Å². The SMILES string of the molecule is Cc1cccc(C)c1-n1nnnc1CN(C)CCC(C)O. The van der Waals surface area contributed by atoms with Crippen LogP contribution < -0.4 is 0 Å². The van der Waals surface area contributed by atoms with E-state index in [0.29, 0.717) is 6.54 Å². The number of hydrogen-bond acceptors (Lipinski definition) is 5. The molecule has 1 N–H and O–H groups in total. The maximum atomic E-state index is 9.36. The van der Waals surface area contributed by atoms with Gasteiger partial charge in [-0.3, -0.25) is 4.90 Å². The van der Waals surface area contributed by atoms with Crippen molar-refractivity contribution in [1.82, 2.24) is 25.1 Å². The summed E-state index contributed by atoms with van der Waals surface area (Å²) >= 11 is 0. The van der Waals surface area contributed by atoms with Gasteiger partial charge in [0.15, 0.2) is 5.82 Å². The van der Waals surface area contributed by atoms with Crippen LogP contribution in [0.25, 0.3) is 5.69 Å². The third-order valence-electron chi connectivity index (χ3n) is 3.53. The van der Waals surface area contributed by atoms with Gasteiger partial charge in [-0.05, 0) is 55.8 Å². The van der Waals surface area contributed by atoms with Crippen LogP contribution in [0, 0.1) is 13.8 Å². The van der Waals surface area contributed by atoms with E-state index in [9.17, 15) is 5.11 Å². The number of hydrogen-bond donors (Lipinski definition) is 1. The van der Waals surface area contributed by atoms with Crippen LogP contribution in [0.2, 0.25) is 0 Å². The summed E-state index contributed by atoms with van der Waals surface area (Å²) in [6, 6.07) is 6.16. The van der Waals surface area contributed by atoms with Gasteiger partial charge in [-0.2, -0.15) is 4.68 Å². The molecule has 0 bridgehead atoms. The highest BCUT2D eigenvalue weighted by molar-refractivity contribution is 5.46. The van der Waals surface area contributed by atoms with Gasteiger partial charge in [0.2, 0.25) is 0 Å². The largest absolute Gasteiger partial charge is 0.393 e. The summed E-state index contributed by atoms with van der Waals surface area (Å²) in [5.74, 6) is 0.806. The topological polar surface area (TPSA) is 67.1 Å². The summed E-state index contributed by atoms with van der Waals surface area (Å²) < 4.78 is 1.81. The molecule has 0 radical (unpaired) electrons. The second-order valence-corrected chi connectivity index (χ2v) is 5.62. The van der Waals surface area contributed by atoms with Crippen LogP contribution >= 0.6 is 0 Å². The fraction of sp³-hybridized carbons (Fsp3) is 0.533. The third-order valence-corrected chi connectivity index (χ3v) is 3.53. The maximum Gasteiger partial charge on any atom is 0.170 e. The Labute approximate surface area is 125 Å². The molecule has 6 heteroatoms. The Morgan fingerprint density at radius 1 is 1.29 bits per heavy atom. The Bertz CT molecular complexity index is 573. The number of rotatable bonds is 6. The van der Waals surface area contributed by atoms with Crippen LogP contribution in [-0.2, 0) is 6.54 Å². The first-order valence-corrected chi connectivity index (χ1v) is 7.19. The summed E-state index contributed by atoms with van der Waals surface area (Å²) in [5, 5.41) is 21.5. The molecule has 114 valence electrons. The number of aromatic nitrogens is 4. The van der Waals surface area contributed by atoms with E-state index in [1.807, 2.05) is 17.8 Å². The lowest BCUT2D eigenvalue weighted by Crippen LogP contribution is -2.24. The molecule has 0 spiro atoms. The second-order valence-electron chi connectivity index (χ2n) is 5.62. The average Bonchev–Trinajstić information content (AvgIpc) is 2.84. The summed E-state index contributed by atoms with van der Waals surface area (Å²) in [4.78, 5) is 2.11. The van der Waals surface area contributed by atoms with Gasteiger partial charge in [0.1, 0.15) is 0 Å². The second kappa shape index (κ2) is 6.78. The Hall–Kier alpha value is -1.79. The zero-order chi connectivity index (χ0) is 15.4. The van der Waals surface area contributed by atoms with Gasteiger partial charge >= 0.3 is 0 Å². The molecule has 1 aromatic heterocycles. The summed E-state index contributed by atoms with van der Waals surface area (Å²) in [6.45, 7) is 7.37.